The molecule has 0 bridgehead atoms. The van der Waals surface area contributed by atoms with Crippen molar-refractivity contribution in [1.82, 2.24) is 0 Å². The van der Waals surface area contributed by atoms with Gasteiger partial charge in [-0.15, -0.1) is 0 Å². The summed E-state index contributed by atoms with van der Waals surface area (Å²) < 4.78 is 4.26. The molecule has 0 saturated carbocycles. The van der Waals surface area contributed by atoms with Gasteiger partial charge in [-0.25, -0.2) is 0 Å². The van der Waals surface area contributed by atoms with Crippen LogP contribution in [-0.2, 0) is 14.5 Å². The van der Waals surface area contributed by atoms with Crippen LogP contribution < -0.4 is 0 Å². The molecule has 0 N–H and O–H groups in total. The first kappa shape index (κ1) is 7.47. The monoisotopic (exact) mass is 228 g/mol. The fraction of sp³-hybridized carbons (Fsp3) is 0. The normalized spacial score (nSPS) is 12.9. The summed E-state index contributed by atoms with van der Waals surface area (Å²) in [5.74, 6) is 0. The molecule has 0 atom stereocenters. The molecule has 0 aliphatic rings. The third-order valence-corrected chi connectivity index (χ3v) is 2.39. The van der Waals surface area contributed by atoms with Crippen LogP contribution in [-0.4, -0.2) is 0 Å². The molecule has 0 aliphatic heterocycles. The molecule has 0 aliphatic carbocycles. The standard InChI is InChI=1S/2ClH.Mo.2NO/c;;;2*1-2/h2*1H;;;/q;;+4;2*-1/p-2. The van der Waals surface area contributed by atoms with Crippen molar-refractivity contribution in [2.75, 3.05) is 0 Å². The molecule has 7 heteroatoms. The quantitative estimate of drug-likeness (QED) is 0.533. The van der Waals surface area contributed by atoms with Crippen LogP contribution in [0.2, 0.25) is 0 Å². The van der Waals surface area contributed by atoms with Gasteiger partial charge in [0.1, 0.15) is 0 Å². The molecule has 0 aromatic rings. The summed E-state index contributed by atoms with van der Waals surface area (Å²) in [4.78, 5) is 18.7. The van der Waals surface area contributed by atoms with Crippen LogP contribution >= 0.6 is 18.8 Å². The molecule has 0 heterocycles. The zero-order valence-corrected chi connectivity index (χ0v) is 6.39. The molecule has 0 saturated heterocycles. The third-order valence-electron chi connectivity index (χ3n) is 0.179. The van der Waals surface area contributed by atoms with Crippen molar-refractivity contribution in [2.24, 2.45) is 7.47 Å². The van der Waals surface area contributed by atoms with Crippen molar-refractivity contribution < 1.29 is 14.5 Å². The van der Waals surface area contributed by atoms with Gasteiger partial charge in [0.15, 0.2) is 0 Å². The molecule has 0 amide bonds. The summed E-state index contributed by atoms with van der Waals surface area (Å²) in [5, 5.41) is 0. The van der Waals surface area contributed by atoms with Crippen molar-refractivity contribution in [3.05, 3.63) is 9.81 Å². The average molecular weight is 227 g/mol. The van der Waals surface area contributed by atoms with Crippen LogP contribution in [0, 0.1) is 9.81 Å². The van der Waals surface area contributed by atoms with E-state index in [2.05, 4.69) is 7.47 Å². The van der Waals surface area contributed by atoms with Crippen molar-refractivity contribution >= 4 is 18.8 Å². The summed E-state index contributed by atoms with van der Waals surface area (Å²) >= 11 is -4.02. The van der Waals surface area contributed by atoms with E-state index in [-0.39, 0.29) is 0 Å². The van der Waals surface area contributed by atoms with Gasteiger partial charge in [0.2, 0.25) is 0 Å². The second-order valence-electron chi connectivity index (χ2n) is 0.565. The summed E-state index contributed by atoms with van der Waals surface area (Å²) in [6.07, 6.45) is 0. The minimum atomic E-state index is -4.02. The van der Waals surface area contributed by atoms with Crippen LogP contribution in [0.25, 0.3) is 0 Å². The molecule has 0 fully saturated rings. The van der Waals surface area contributed by atoms with E-state index < -0.39 is 14.5 Å². The van der Waals surface area contributed by atoms with Gasteiger partial charge in [0.25, 0.3) is 0 Å². The van der Waals surface area contributed by atoms with E-state index in [1.807, 2.05) is 0 Å². The van der Waals surface area contributed by atoms with Gasteiger partial charge in [0.05, 0.1) is 0 Å². The van der Waals surface area contributed by atoms with Gasteiger partial charge >= 0.3 is 50.6 Å². The zero-order valence-electron chi connectivity index (χ0n) is 2.88. The molecule has 4 nitrogen and oxygen atoms in total. The van der Waals surface area contributed by atoms with E-state index in [1.165, 1.54) is 0 Å². The number of nitroso groups, excluding NO2 is 2. The molecular weight excluding hydrogens is 227 g/mol. The fourth-order valence-electron chi connectivity index (χ4n) is 0.0136. The Kier molecular flexibility index (Phi) is 2.88. The van der Waals surface area contributed by atoms with E-state index in [0.717, 1.165) is 0 Å². The van der Waals surface area contributed by atoms with E-state index in [9.17, 15) is 9.81 Å². The number of hydrogen-bond acceptors (Lipinski definition) is 4. The number of hydrogen-bond donors (Lipinski definition) is 0. The van der Waals surface area contributed by atoms with Gasteiger partial charge in [-0.2, -0.15) is 0 Å². The maximum atomic E-state index is 9.33. The van der Waals surface area contributed by atoms with Crippen LogP contribution in [0.15, 0.2) is 7.47 Å². The van der Waals surface area contributed by atoms with Crippen molar-refractivity contribution in [1.29, 1.82) is 0 Å². The van der Waals surface area contributed by atoms with Crippen LogP contribution in [0.1, 0.15) is 0 Å². The predicted molar refractivity (Wildman–Crippen MR) is 23.3 cm³/mol. The first-order valence-corrected chi connectivity index (χ1v) is 8.00. The van der Waals surface area contributed by atoms with Gasteiger partial charge in [-0.1, -0.05) is 0 Å². The Balaban J connectivity index is 3.82. The van der Waals surface area contributed by atoms with Gasteiger partial charge in [-0.3, -0.25) is 0 Å². The molecule has 0 unspecified atom stereocenters. The summed E-state index contributed by atoms with van der Waals surface area (Å²) in [6, 6.07) is 0. The molecule has 0 aromatic carbocycles. The van der Waals surface area contributed by atoms with E-state index in [4.69, 9.17) is 18.8 Å². The van der Waals surface area contributed by atoms with Gasteiger partial charge < -0.3 is 0 Å². The fourth-order valence-corrected chi connectivity index (χ4v) is 0.0805. The van der Waals surface area contributed by atoms with E-state index >= 15 is 0 Å². The van der Waals surface area contributed by atoms with E-state index in [1.54, 1.807) is 0 Å². The van der Waals surface area contributed by atoms with Crippen molar-refractivity contribution in [2.45, 2.75) is 0 Å². The SMILES string of the molecule is O=[N][Mo]([Cl])([Cl])[N]=O. The summed E-state index contributed by atoms with van der Waals surface area (Å²) in [6.45, 7) is 0. The first-order chi connectivity index (χ1) is 3.12. The average Bonchev–Trinajstić information content (AvgIpc) is 1.68. The molecule has 7 heavy (non-hydrogen) atoms. The topological polar surface area (TPSA) is 58.9 Å². The number of rotatable bonds is 2. The van der Waals surface area contributed by atoms with Crippen molar-refractivity contribution in [3.8, 4) is 0 Å². The molecular formula is Cl2MoN2O2. The number of nitrogens with zero attached hydrogens (tertiary/aromatic N) is 2. The molecule has 42 valence electrons. The second kappa shape index (κ2) is 2.70. The van der Waals surface area contributed by atoms with Gasteiger partial charge in [-0.05, 0) is 0 Å². The molecule has 0 aromatic heterocycles. The first-order valence-electron chi connectivity index (χ1n) is 1.04. The third kappa shape index (κ3) is 3.09. The Bertz CT molecular complexity index is 81.7. The second-order valence-corrected chi connectivity index (χ2v) is 9.37. The Labute approximate surface area is 50.8 Å². The molecule has 0 radical (unpaired) electrons. The van der Waals surface area contributed by atoms with Crippen LogP contribution in [0.4, 0.5) is 0 Å². The Morgan fingerprint density at radius 2 is 1.43 bits per heavy atom. The van der Waals surface area contributed by atoms with Gasteiger partial charge in [0, 0.05) is 0 Å². The minimum absolute atomic E-state index is 2.13. The summed E-state index contributed by atoms with van der Waals surface area (Å²) in [5.41, 5.74) is 0. The predicted octanol–water partition coefficient (Wildman–Crippen LogP) is 1.81. The molecule has 0 rings (SSSR count). The zero-order chi connectivity index (χ0) is 5.91. The Morgan fingerprint density at radius 3 is 1.43 bits per heavy atom. The van der Waals surface area contributed by atoms with Crippen LogP contribution in [0.3, 0.4) is 0 Å². The Morgan fingerprint density at radius 1 is 1.14 bits per heavy atom. The Hall–Kier alpha value is 0.468. The van der Waals surface area contributed by atoms with Crippen molar-refractivity contribution in [3.63, 3.8) is 0 Å². The summed E-state index contributed by atoms with van der Waals surface area (Å²) in [7, 11) is 9.80. The molecule has 0 spiro atoms. The van der Waals surface area contributed by atoms with E-state index in [0.29, 0.717) is 0 Å². The number of halogens is 2. The van der Waals surface area contributed by atoms with Crippen LogP contribution in [0.5, 0.6) is 0 Å². The maximum absolute atomic E-state index is 9.33.